The van der Waals surface area contributed by atoms with Gasteiger partial charge in [-0.25, -0.2) is 4.52 Å². The monoisotopic (exact) mass is 430 g/mol. The fourth-order valence-corrected chi connectivity index (χ4v) is 4.29. The van der Waals surface area contributed by atoms with Crippen molar-refractivity contribution in [1.82, 2.24) is 29.7 Å². The van der Waals surface area contributed by atoms with Gasteiger partial charge in [0.1, 0.15) is 11.2 Å². The summed E-state index contributed by atoms with van der Waals surface area (Å²) in [6.45, 7) is 4.68. The van der Waals surface area contributed by atoms with Gasteiger partial charge in [0.2, 0.25) is 0 Å². The fourth-order valence-electron chi connectivity index (χ4n) is 4.29. The van der Waals surface area contributed by atoms with Crippen LogP contribution in [-0.2, 0) is 0 Å². The molecule has 1 atom stereocenters. The number of H-pyrrole nitrogens is 1. The molecule has 2 N–H and O–H groups in total. The molecule has 1 aliphatic heterocycles. The topological polar surface area (TPSA) is 85.7 Å². The van der Waals surface area contributed by atoms with E-state index in [1.54, 1.807) is 10.6 Å². The molecule has 8 nitrogen and oxygen atoms in total. The van der Waals surface area contributed by atoms with Crippen LogP contribution in [0.15, 0.2) is 65.6 Å². The summed E-state index contributed by atoms with van der Waals surface area (Å²) < 4.78 is 1.61. The molecular weight excluding hydrogens is 404 g/mol. The maximum Gasteiger partial charge on any atom is 0.259 e. The van der Waals surface area contributed by atoms with E-state index < -0.39 is 0 Å². The van der Waals surface area contributed by atoms with Crippen molar-refractivity contribution in [2.45, 2.75) is 6.04 Å². The van der Waals surface area contributed by atoms with Crippen LogP contribution in [0.3, 0.4) is 0 Å². The highest BCUT2D eigenvalue weighted by Crippen LogP contribution is 2.19. The summed E-state index contributed by atoms with van der Waals surface area (Å²) in [5.41, 5.74) is 2.24. The Hall–Kier alpha value is -3.49. The molecule has 1 amide bonds. The van der Waals surface area contributed by atoms with Gasteiger partial charge in [0.15, 0.2) is 0 Å². The summed E-state index contributed by atoms with van der Waals surface area (Å²) >= 11 is 0. The van der Waals surface area contributed by atoms with Crippen molar-refractivity contribution >= 4 is 22.5 Å². The first-order valence-corrected chi connectivity index (χ1v) is 10.9. The van der Waals surface area contributed by atoms with E-state index in [4.69, 9.17) is 0 Å². The average molecular weight is 431 g/mol. The highest BCUT2D eigenvalue weighted by atomic mass is 16.2. The summed E-state index contributed by atoms with van der Waals surface area (Å²) in [4.78, 5) is 33.4. The number of likely N-dealkylation sites (N-methyl/N-ethyl adjacent to an activating group) is 1. The first kappa shape index (κ1) is 20.4. The Morgan fingerprint density at radius 3 is 2.56 bits per heavy atom. The minimum absolute atomic E-state index is 0.172. The molecule has 2 aromatic heterocycles. The number of hydrogen-bond donors (Lipinski definition) is 2. The number of nitrogens with one attached hydrogen (secondary N) is 2. The zero-order valence-electron chi connectivity index (χ0n) is 18.0. The van der Waals surface area contributed by atoms with Crippen molar-refractivity contribution < 1.29 is 4.79 Å². The van der Waals surface area contributed by atoms with E-state index in [1.165, 1.54) is 6.20 Å². The van der Waals surface area contributed by atoms with Gasteiger partial charge in [0, 0.05) is 32.7 Å². The number of nitrogens with zero attached hydrogens (tertiary/aromatic N) is 4. The van der Waals surface area contributed by atoms with Crippen LogP contribution in [0.5, 0.6) is 0 Å². The van der Waals surface area contributed by atoms with Gasteiger partial charge in [-0.1, -0.05) is 42.5 Å². The zero-order chi connectivity index (χ0) is 22.1. The van der Waals surface area contributed by atoms with Gasteiger partial charge in [-0.3, -0.25) is 14.5 Å². The molecule has 0 saturated carbocycles. The van der Waals surface area contributed by atoms with Gasteiger partial charge in [-0.05, 0) is 24.7 Å². The lowest BCUT2D eigenvalue weighted by atomic mass is 10.1. The number of aromatic amines is 1. The molecule has 1 aliphatic rings. The van der Waals surface area contributed by atoms with Gasteiger partial charge in [-0.2, -0.15) is 5.10 Å². The molecule has 164 valence electrons. The summed E-state index contributed by atoms with van der Waals surface area (Å²) in [5, 5.41) is 8.10. The van der Waals surface area contributed by atoms with Gasteiger partial charge in [0.05, 0.1) is 23.1 Å². The lowest BCUT2D eigenvalue weighted by Gasteiger charge is -2.35. The predicted molar refractivity (Wildman–Crippen MR) is 124 cm³/mol. The third-order valence-corrected chi connectivity index (χ3v) is 6.17. The second kappa shape index (κ2) is 8.57. The number of aromatic nitrogens is 3. The van der Waals surface area contributed by atoms with Crippen molar-refractivity contribution in [2.75, 3.05) is 39.8 Å². The third kappa shape index (κ3) is 3.90. The van der Waals surface area contributed by atoms with Gasteiger partial charge in [-0.15, -0.1) is 0 Å². The highest BCUT2D eigenvalue weighted by Gasteiger charge is 2.23. The molecule has 0 radical (unpaired) electrons. The number of amides is 1. The molecule has 0 spiro atoms. The molecule has 2 aromatic carbocycles. The highest BCUT2D eigenvalue weighted by molar-refractivity contribution is 6.00. The largest absolute Gasteiger partial charge is 0.344 e. The van der Waals surface area contributed by atoms with Crippen LogP contribution in [-0.4, -0.2) is 70.1 Å². The summed E-state index contributed by atoms with van der Waals surface area (Å²) in [7, 11) is 2.13. The van der Waals surface area contributed by atoms with E-state index in [1.807, 2.05) is 48.5 Å². The number of para-hydroxylation sites is 1. The Balaban J connectivity index is 1.45. The summed E-state index contributed by atoms with van der Waals surface area (Å²) in [5.74, 6) is -0.256. The zero-order valence-corrected chi connectivity index (χ0v) is 18.0. The van der Waals surface area contributed by atoms with Crippen molar-refractivity contribution in [1.29, 1.82) is 0 Å². The quantitative estimate of drug-likeness (QED) is 0.505. The van der Waals surface area contributed by atoms with Crippen LogP contribution >= 0.6 is 0 Å². The molecule has 8 heteroatoms. The molecule has 32 heavy (non-hydrogen) atoms. The first-order valence-electron chi connectivity index (χ1n) is 10.9. The fraction of sp³-hybridized carbons (Fsp3) is 0.292. The smallest absolute Gasteiger partial charge is 0.259 e. The second-order valence-corrected chi connectivity index (χ2v) is 8.33. The predicted octanol–water partition coefficient (Wildman–Crippen LogP) is 1.89. The number of benzene rings is 2. The molecule has 1 saturated heterocycles. The van der Waals surface area contributed by atoms with Crippen molar-refractivity contribution in [3.63, 3.8) is 0 Å². The number of hydrogen-bond acceptors (Lipinski definition) is 5. The Labute approximate surface area is 185 Å². The van der Waals surface area contributed by atoms with Crippen LogP contribution in [0.25, 0.3) is 16.6 Å². The molecule has 0 bridgehead atoms. The number of rotatable bonds is 5. The van der Waals surface area contributed by atoms with E-state index in [2.05, 4.69) is 32.2 Å². The number of piperazine rings is 1. The molecule has 3 heterocycles. The maximum atomic E-state index is 13.3. The van der Waals surface area contributed by atoms with E-state index in [-0.39, 0.29) is 17.5 Å². The Kier molecular flexibility index (Phi) is 5.46. The minimum atomic E-state index is -0.256. The van der Waals surface area contributed by atoms with Crippen molar-refractivity contribution in [3.8, 4) is 0 Å². The number of carbonyl (C=O) groups is 1. The lowest BCUT2D eigenvalue weighted by Crippen LogP contribution is -2.47. The SMILES string of the molecule is CN1CCN(CC(NC(=O)c2cnn3c2[nH]c(=O)c2ccccc23)c2ccccc2)CC1. The first-order chi connectivity index (χ1) is 15.6. The Bertz CT molecular complexity index is 1300. The molecule has 1 unspecified atom stereocenters. The van der Waals surface area contributed by atoms with E-state index in [0.717, 1.165) is 38.3 Å². The number of carbonyl (C=O) groups excluding carboxylic acids is 1. The van der Waals surface area contributed by atoms with E-state index in [9.17, 15) is 9.59 Å². The lowest BCUT2D eigenvalue weighted by molar-refractivity contribution is 0.0908. The van der Waals surface area contributed by atoms with Crippen LogP contribution in [0.4, 0.5) is 0 Å². The minimum Gasteiger partial charge on any atom is -0.344 e. The van der Waals surface area contributed by atoms with Crippen LogP contribution < -0.4 is 10.9 Å². The van der Waals surface area contributed by atoms with Gasteiger partial charge < -0.3 is 15.2 Å². The average Bonchev–Trinajstić information content (AvgIpc) is 3.25. The van der Waals surface area contributed by atoms with E-state index >= 15 is 0 Å². The molecular formula is C24H26N6O2. The van der Waals surface area contributed by atoms with Crippen LogP contribution in [0.1, 0.15) is 22.0 Å². The van der Waals surface area contributed by atoms with Crippen LogP contribution in [0, 0.1) is 0 Å². The normalized spacial score (nSPS) is 16.4. The summed E-state index contributed by atoms with van der Waals surface area (Å²) in [6, 6.07) is 17.1. The second-order valence-electron chi connectivity index (χ2n) is 8.33. The molecule has 0 aliphatic carbocycles. The molecule has 1 fully saturated rings. The maximum absolute atomic E-state index is 13.3. The molecule has 5 rings (SSSR count). The van der Waals surface area contributed by atoms with Crippen molar-refractivity contribution in [3.05, 3.63) is 82.3 Å². The van der Waals surface area contributed by atoms with Gasteiger partial charge >= 0.3 is 0 Å². The summed E-state index contributed by atoms with van der Waals surface area (Å²) in [6.07, 6.45) is 1.52. The standard InChI is InChI=1S/C24H26N6O2/c1-28-11-13-29(14-12-28)16-20(17-7-3-2-4-8-17)26-24(32)19-15-25-30-21-10-6-5-9-18(21)23(31)27-22(19)30/h2-10,15,20H,11-14,16H2,1H3,(H,26,32)(H,27,31). The Morgan fingerprint density at radius 1 is 1.06 bits per heavy atom. The number of fused-ring (bicyclic) bond motifs is 3. The van der Waals surface area contributed by atoms with E-state index in [0.29, 0.717) is 22.1 Å². The molecule has 4 aromatic rings. The van der Waals surface area contributed by atoms with Crippen LogP contribution in [0.2, 0.25) is 0 Å². The van der Waals surface area contributed by atoms with Crippen molar-refractivity contribution in [2.24, 2.45) is 0 Å². The Morgan fingerprint density at radius 2 is 1.78 bits per heavy atom. The van der Waals surface area contributed by atoms with Gasteiger partial charge in [0.25, 0.3) is 11.5 Å². The third-order valence-electron chi connectivity index (χ3n) is 6.17.